The number of aromatic nitrogens is 5. The summed E-state index contributed by atoms with van der Waals surface area (Å²) in [7, 11) is 0. The maximum atomic E-state index is 6.45. The zero-order valence-corrected chi connectivity index (χ0v) is 23.0. The Balaban J connectivity index is 1.59. The molecular weight excluding hydrogens is 494 g/mol. The van der Waals surface area contributed by atoms with E-state index in [0.717, 1.165) is 39.0 Å². The number of para-hydroxylation sites is 2. The summed E-state index contributed by atoms with van der Waals surface area (Å²) in [5.41, 5.74) is 9.63. The van der Waals surface area contributed by atoms with Gasteiger partial charge in [-0.15, -0.1) is 10.2 Å². The minimum atomic E-state index is 0.244. The second kappa shape index (κ2) is 9.42. The fourth-order valence-corrected chi connectivity index (χ4v) is 5.67. The molecule has 6 nitrogen and oxygen atoms in total. The molecule has 7 aromatic rings. The Hall–Kier alpha value is -4.84. The van der Waals surface area contributed by atoms with Crippen LogP contribution in [0.1, 0.15) is 50.7 Å². The summed E-state index contributed by atoms with van der Waals surface area (Å²) >= 11 is 0. The lowest BCUT2D eigenvalue weighted by Crippen LogP contribution is -2.10. The standard InChI is InChI=1S/C34H29N5O/c1-20(2)27-17-23(22-11-6-5-7-12-22)18-28(21(3)4)30(27)39-33(37-32-34(39)38-36-19-35-32)26-15-10-14-25-24-13-8-9-16-29(24)40-31(25)26/h5-21H,1-4H3. The monoisotopic (exact) mass is 523 g/mol. The van der Waals surface area contributed by atoms with Crippen molar-refractivity contribution in [3.05, 3.63) is 102 Å². The van der Waals surface area contributed by atoms with Gasteiger partial charge in [-0.1, -0.05) is 88.4 Å². The van der Waals surface area contributed by atoms with Gasteiger partial charge in [0.15, 0.2) is 5.82 Å². The Morgan fingerprint density at radius 1 is 0.725 bits per heavy atom. The lowest BCUT2D eigenvalue weighted by molar-refractivity contribution is 0.669. The van der Waals surface area contributed by atoms with Crippen LogP contribution in [-0.4, -0.2) is 24.7 Å². The Bertz CT molecular complexity index is 1990. The predicted molar refractivity (Wildman–Crippen MR) is 161 cm³/mol. The number of rotatable bonds is 5. The van der Waals surface area contributed by atoms with Gasteiger partial charge in [-0.05, 0) is 58.4 Å². The van der Waals surface area contributed by atoms with E-state index in [-0.39, 0.29) is 11.8 Å². The zero-order chi connectivity index (χ0) is 27.4. The molecule has 3 heterocycles. The van der Waals surface area contributed by atoms with Crippen molar-refractivity contribution in [3.63, 3.8) is 0 Å². The average Bonchev–Trinajstić information content (AvgIpc) is 3.55. The van der Waals surface area contributed by atoms with Crippen molar-refractivity contribution < 1.29 is 4.42 Å². The molecule has 0 N–H and O–H groups in total. The van der Waals surface area contributed by atoms with Crippen LogP contribution in [0.15, 0.2) is 95.7 Å². The van der Waals surface area contributed by atoms with E-state index in [2.05, 4.69) is 114 Å². The van der Waals surface area contributed by atoms with E-state index in [1.54, 1.807) is 0 Å². The lowest BCUT2D eigenvalue weighted by atomic mass is 9.88. The summed E-state index contributed by atoms with van der Waals surface area (Å²) in [5, 5.41) is 10.9. The normalized spacial score (nSPS) is 11.9. The predicted octanol–water partition coefficient (Wildman–Crippen LogP) is 8.69. The fraction of sp³-hybridized carbons (Fsp3) is 0.176. The van der Waals surface area contributed by atoms with E-state index in [4.69, 9.17) is 9.40 Å². The van der Waals surface area contributed by atoms with Crippen LogP contribution < -0.4 is 0 Å². The number of benzene rings is 4. The van der Waals surface area contributed by atoms with Crippen LogP contribution in [0.2, 0.25) is 0 Å². The quantitative estimate of drug-likeness (QED) is 0.226. The number of hydrogen-bond donors (Lipinski definition) is 0. The Morgan fingerprint density at radius 2 is 1.43 bits per heavy atom. The summed E-state index contributed by atoms with van der Waals surface area (Å²) in [5.74, 6) is 1.23. The van der Waals surface area contributed by atoms with Crippen LogP contribution in [0.4, 0.5) is 0 Å². The molecule has 0 amide bonds. The summed E-state index contributed by atoms with van der Waals surface area (Å²) in [6.45, 7) is 8.95. The second-order valence-corrected chi connectivity index (χ2v) is 10.8. The van der Waals surface area contributed by atoms with Crippen LogP contribution in [-0.2, 0) is 0 Å². The van der Waals surface area contributed by atoms with E-state index in [9.17, 15) is 0 Å². The summed E-state index contributed by atoms with van der Waals surface area (Å²) < 4.78 is 8.60. The van der Waals surface area contributed by atoms with Gasteiger partial charge in [0.2, 0.25) is 11.3 Å². The molecule has 0 radical (unpaired) electrons. The molecule has 0 fully saturated rings. The molecule has 6 heteroatoms. The van der Waals surface area contributed by atoms with E-state index in [0.29, 0.717) is 11.3 Å². The molecule has 196 valence electrons. The molecule has 0 bridgehead atoms. The first-order valence-electron chi connectivity index (χ1n) is 13.7. The van der Waals surface area contributed by atoms with Gasteiger partial charge in [0.25, 0.3) is 0 Å². The SMILES string of the molecule is CC(C)c1cc(-c2ccccc2)cc(C(C)C)c1-n1c(-c2cccc3c2oc2ccccc23)nc2ncnnc21. The van der Waals surface area contributed by atoms with Gasteiger partial charge in [0, 0.05) is 10.8 Å². The first-order valence-corrected chi connectivity index (χ1v) is 13.7. The minimum absolute atomic E-state index is 0.244. The number of furan rings is 1. The minimum Gasteiger partial charge on any atom is -0.455 e. The highest BCUT2D eigenvalue weighted by molar-refractivity contribution is 6.09. The smallest absolute Gasteiger partial charge is 0.206 e. The third-order valence-electron chi connectivity index (χ3n) is 7.61. The number of nitrogens with zero attached hydrogens (tertiary/aromatic N) is 5. The van der Waals surface area contributed by atoms with Crippen LogP contribution >= 0.6 is 0 Å². The molecule has 0 saturated carbocycles. The maximum absolute atomic E-state index is 6.45. The lowest BCUT2D eigenvalue weighted by Gasteiger charge is -2.24. The highest BCUT2D eigenvalue weighted by atomic mass is 16.3. The van der Waals surface area contributed by atoms with Gasteiger partial charge in [-0.2, -0.15) is 0 Å². The topological polar surface area (TPSA) is 69.6 Å². The fourth-order valence-electron chi connectivity index (χ4n) is 5.67. The molecule has 3 aromatic heterocycles. The first kappa shape index (κ1) is 24.2. The van der Waals surface area contributed by atoms with Crippen molar-refractivity contribution in [2.24, 2.45) is 0 Å². The molecule has 7 rings (SSSR count). The zero-order valence-electron chi connectivity index (χ0n) is 23.0. The Morgan fingerprint density at radius 3 is 2.17 bits per heavy atom. The van der Waals surface area contributed by atoms with Gasteiger partial charge in [-0.25, -0.2) is 9.97 Å². The van der Waals surface area contributed by atoms with Crippen LogP contribution in [0.3, 0.4) is 0 Å². The summed E-state index contributed by atoms with van der Waals surface area (Å²) in [6.07, 6.45) is 1.45. The molecule has 0 aliphatic heterocycles. The van der Waals surface area contributed by atoms with Gasteiger partial charge >= 0.3 is 0 Å². The summed E-state index contributed by atoms with van der Waals surface area (Å²) in [4.78, 5) is 9.56. The Kier molecular flexibility index (Phi) is 5.70. The van der Waals surface area contributed by atoms with Crippen LogP contribution in [0, 0.1) is 0 Å². The molecule has 0 spiro atoms. The molecule has 0 saturated heterocycles. The molecular formula is C34H29N5O. The maximum Gasteiger partial charge on any atom is 0.206 e. The van der Waals surface area contributed by atoms with Crippen LogP contribution in [0.25, 0.3) is 61.4 Å². The van der Waals surface area contributed by atoms with Crippen molar-refractivity contribution in [2.45, 2.75) is 39.5 Å². The van der Waals surface area contributed by atoms with Gasteiger partial charge in [0.05, 0.1) is 11.3 Å². The third kappa shape index (κ3) is 3.79. The highest BCUT2D eigenvalue weighted by Gasteiger charge is 2.26. The van der Waals surface area contributed by atoms with E-state index in [1.165, 1.54) is 28.6 Å². The average molecular weight is 524 g/mol. The molecule has 0 aliphatic rings. The molecule has 0 atom stereocenters. The Labute approximate surface area is 232 Å². The van der Waals surface area contributed by atoms with Crippen molar-refractivity contribution in [1.29, 1.82) is 0 Å². The second-order valence-electron chi connectivity index (χ2n) is 10.8. The molecule has 40 heavy (non-hydrogen) atoms. The van der Waals surface area contributed by atoms with Gasteiger partial charge in [0.1, 0.15) is 17.5 Å². The van der Waals surface area contributed by atoms with Crippen molar-refractivity contribution >= 4 is 33.2 Å². The highest BCUT2D eigenvalue weighted by Crippen LogP contribution is 2.41. The van der Waals surface area contributed by atoms with Crippen molar-refractivity contribution in [3.8, 4) is 28.2 Å². The van der Waals surface area contributed by atoms with Crippen molar-refractivity contribution in [1.82, 2.24) is 24.7 Å². The van der Waals surface area contributed by atoms with E-state index in [1.807, 2.05) is 18.2 Å². The molecule has 0 unspecified atom stereocenters. The largest absolute Gasteiger partial charge is 0.455 e. The van der Waals surface area contributed by atoms with Gasteiger partial charge < -0.3 is 4.42 Å². The number of hydrogen-bond acceptors (Lipinski definition) is 5. The van der Waals surface area contributed by atoms with Crippen LogP contribution in [0.5, 0.6) is 0 Å². The number of imidazole rings is 1. The molecule has 4 aromatic carbocycles. The first-order chi connectivity index (χ1) is 19.5. The number of fused-ring (bicyclic) bond motifs is 4. The third-order valence-corrected chi connectivity index (χ3v) is 7.61. The van der Waals surface area contributed by atoms with E-state index < -0.39 is 0 Å². The van der Waals surface area contributed by atoms with E-state index >= 15 is 0 Å². The van der Waals surface area contributed by atoms with Gasteiger partial charge in [-0.3, -0.25) is 4.57 Å². The van der Waals surface area contributed by atoms with Crippen molar-refractivity contribution in [2.75, 3.05) is 0 Å². The molecule has 0 aliphatic carbocycles. The summed E-state index contributed by atoms with van der Waals surface area (Å²) in [6, 6.07) is 29.5.